The molecule has 1 N–H and O–H groups in total. The molecule has 0 radical (unpaired) electrons. The summed E-state index contributed by atoms with van der Waals surface area (Å²) in [4.78, 5) is 0. The lowest BCUT2D eigenvalue weighted by Crippen LogP contribution is -2.04. The third-order valence-electron chi connectivity index (χ3n) is 2.08. The molecule has 1 rings (SSSR count). The van der Waals surface area contributed by atoms with E-state index >= 15 is 0 Å². The lowest BCUT2D eigenvalue weighted by Gasteiger charge is -2.13. The van der Waals surface area contributed by atoms with Gasteiger partial charge in [-0.15, -0.1) is 0 Å². The van der Waals surface area contributed by atoms with Gasteiger partial charge in [-0.2, -0.15) is 0 Å². The van der Waals surface area contributed by atoms with E-state index in [2.05, 4.69) is 30.1 Å². The van der Waals surface area contributed by atoms with Gasteiger partial charge in [-0.25, -0.2) is 0 Å². The average molecular weight is 183 g/mol. The van der Waals surface area contributed by atoms with Crippen LogP contribution in [0.1, 0.15) is 39.5 Å². The van der Waals surface area contributed by atoms with Crippen molar-refractivity contribution in [2.75, 3.05) is 0 Å². The minimum Gasteiger partial charge on any atom is -0.330 e. The Kier molecular flexibility index (Phi) is 4.30. The van der Waals surface area contributed by atoms with Gasteiger partial charge in [-0.3, -0.25) is 0 Å². The highest BCUT2D eigenvalue weighted by Gasteiger charge is 2.02. The molecule has 12 heavy (non-hydrogen) atoms. The Morgan fingerprint density at radius 1 is 1.42 bits per heavy atom. The van der Waals surface area contributed by atoms with Crippen LogP contribution in [-0.4, -0.2) is 0 Å². The largest absolute Gasteiger partial charge is 0.330 e. The number of allylic oxidation sites excluding steroid dienone is 3. The van der Waals surface area contributed by atoms with Crippen LogP contribution in [0.4, 0.5) is 0 Å². The molecular weight excluding hydrogens is 166 g/mol. The van der Waals surface area contributed by atoms with Crippen LogP contribution in [0.5, 0.6) is 0 Å². The van der Waals surface area contributed by atoms with E-state index in [4.69, 9.17) is 0 Å². The molecular formula is C10H17NS. The van der Waals surface area contributed by atoms with E-state index in [1.165, 1.54) is 37.0 Å². The molecule has 0 amide bonds. The summed E-state index contributed by atoms with van der Waals surface area (Å²) in [5.74, 6) is 0. The molecule has 1 aliphatic rings. The summed E-state index contributed by atoms with van der Waals surface area (Å²) in [5, 5.41) is 2.12. The second-order valence-corrected chi connectivity index (χ2v) is 3.84. The van der Waals surface area contributed by atoms with Crippen molar-refractivity contribution < 1.29 is 0 Å². The van der Waals surface area contributed by atoms with Gasteiger partial charge in [0.15, 0.2) is 0 Å². The maximum Gasteiger partial charge on any atom is 0.0215 e. The summed E-state index contributed by atoms with van der Waals surface area (Å²) < 4.78 is 3.27. The first-order valence-electron chi connectivity index (χ1n) is 4.62. The van der Waals surface area contributed by atoms with Crippen molar-refractivity contribution >= 4 is 11.9 Å². The standard InChI is InChI=1S/C10H17NS/c1-3-4-5-6-10-7-8-12-11-9(10)2/h7-8,11H,3-6H2,1-2H3. The fourth-order valence-corrected chi connectivity index (χ4v) is 1.87. The molecule has 0 aromatic carbocycles. The Hall–Kier alpha value is -0.370. The Morgan fingerprint density at radius 3 is 2.92 bits per heavy atom. The van der Waals surface area contributed by atoms with Crippen LogP contribution in [0.15, 0.2) is 22.8 Å². The van der Waals surface area contributed by atoms with Crippen LogP contribution < -0.4 is 4.72 Å². The van der Waals surface area contributed by atoms with Crippen LogP contribution in [0.3, 0.4) is 0 Å². The summed E-state index contributed by atoms with van der Waals surface area (Å²) in [5.41, 5.74) is 2.81. The van der Waals surface area contributed by atoms with Crippen molar-refractivity contribution in [2.45, 2.75) is 39.5 Å². The minimum absolute atomic E-state index is 1.23. The van der Waals surface area contributed by atoms with Gasteiger partial charge in [0.2, 0.25) is 0 Å². The van der Waals surface area contributed by atoms with Gasteiger partial charge in [0.1, 0.15) is 0 Å². The van der Waals surface area contributed by atoms with Gasteiger partial charge in [-0.1, -0.05) is 19.8 Å². The van der Waals surface area contributed by atoms with E-state index in [9.17, 15) is 0 Å². The summed E-state index contributed by atoms with van der Waals surface area (Å²) in [6.45, 7) is 4.39. The van der Waals surface area contributed by atoms with Gasteiger partial charge in [0, 0.05) is 5.70 Å². The van der Waals surface area contributed by atoms with Crippen molar-refractivity contribution in [3.05, 3.63) is 22.8 Å². The van der Waals surface area contributed by atoms with E-state index in [1.54, 1.807) is 11.9 Å². The third-order valence-corrected chi connectivity index (χ3v) is 2.78. The van der Waals surface area contributed by atoms with Gasteiger partial charge in [0.25, 0.3) is 0 Å². The maximum atomic E-state index is 3.27. The van der Waals surface area contributed by atoms with Crippen molar-refractivity contribution in [1.82, 2.24) is 4.72 Å². The number of unbranched alkanes of at least 4 members (excludes halogenated alkanes) is 2. The highest BCUT2D eigenvalue weighted by Crippen LogP contribution is 2.20. The van der Waals surface area contributed by atoms with E-state index < -0.39 is 0 Å². The third kappa shape index (κ3) is 2.94. The SMILES string of the molecule is CCCCCC1=C(C)NSC=C1. The second-order valence-electron chi connectivity index (χ2n) is 3.13. The summed E-state index contributed by atoms with van der Waals surface area (Å²) in [6, 6.07) is 0. The smallest absolute Gasteiger partial charge is 0.0215 e. The van der Waals surface area contributed by atoms with E-state index in [-0.39, 0.29) is 0 Å². The Bertz CT molecular complexity index is 194. The fraction of sp³-hybridized carbons (Fsp3) is 0.600. The van der Waals surface area contributed by atoms with Crippen molar-refractivity contribution in [3.63, 3.8) is 0 Å². The van der Waals surface area contributed by atoms with E-state index in [1.807, 2.05) is 0 Å². The molecule has 0 fully saturated rings. The Morgan fingerprint density at radius 2 is 2.25 bits per heavy atom. The van der Waals surface area contributed by atoms with Crippen LogP contribution in [0, 0.1) is 0 Å². The second kappa shape index (κ2) is 5.31. The van der Waals surface area contributed by atoms with Gasteiger partial charge >= 0.3 is 0 Å². The predicted molar refractivity (Wildman–Crippen MR) is 56.7 cm³/mol. The average Bonchev–Trinajstić information content (AvgIpc) is 2.09. The molecule has 0 aliphatic carbocycles. The Labute approximate surface area is 79.4 Å². The van der Waals surface area contributed by atoms with Gasteiger partial charge in [0.05, 0.1) is 0 Å². The van der Waals surface area contributed by atoms with Gasteiger partial charge < -0.3 is 4.72 Å². The Balaban J connectivity index is 2.34. The minimum atomic E-state index is 1.23. The first-order chi connectivity index (χ1) is 5.84. The molecule has 0 spiro atoms. The summed E-state index contributed by atoms with van der Waals surface area (Å²) in [7, 11) is 0. The zero-order valence-corrected chi connectivity index (χ0v) is 8.71. The highest BCUT2D eigenvalue weighted by molar-refractivity contribution is 8.00. The van der Waals surface area contributed by atoms with Crippen molar-refractivity contribution in [1.29, 1.82) is 0 Å². The number of hydrogen-bond donors (Lipinski definition) is 1. The van der Waals surface area contributed by atoms with E-state index in [0.29, 0.717) is 0 Å². The van der Waals surface area contributed by atoms with Crippen molar-refractivity contribution in [3.8, 4) is 0 Å². The molecule has 0 saturated carbocycles. The highest BCUT2D eigenvalue weighted by atomic mass is 32.2. The maximum absolute atomic E-state index is 3.27. The molecule has 0 bridgehead atoms. The topological polar surface area (TPSA) is 12.0 Å². The molecule has 0 unspecified atom stereocenters. The number of hydrogen-bond acceptors (Lipinski definition) is 2. The first kappa shape index (κ1) is 9.72. The molecule has 68 valence electrons. The molecule has 2 heteroatoms. The number of nitrogens with one attached hydrogen (secondary N) is 1. The van der Waals surface area contributed by atoms with Crippen LogP contribution in [0.2, 0.25) is 0 Å². The predicted octanol–water partition coefficient (Wildman–Crippen LogP) is 3.61. The molecule has 1 nitrogen and oxygen atoms in total. The lowest BCUT2D eigenvalue weighted by molar-refractivity contribution is 0.714. The summed E-state index contributed by atoms with van der Waals surface area (Å²) in [6.07, 6.45) is 7.42. The zero-order chi connectivity index (χ0) is 8.81. The molecule has 0 aromatic heterocycles. The monoisotopic (exact) mass is 183 g/mol. The quantitative estimate of drug-likeness (QED) is 0.528. The number of rotatable bonds is 4. The van der Waals surface area contributed by atoms with E-state index in [0.717, 1.165) is 0 Å². The molecule has 1 aliphatic heterocycles. The molecule has 0 aromatic rings. The van der Waals surface area contributed by atoms with Crippen LogP contribution >= 0.6 is 11.9 Å². The molecule has 1 heterocycles. The van der Waals surface area contributed by atoms with Crippen molar-refractivity contribution in [2.24, 2.45) is 0 Å². The van der Waals surface area contributed by atoms with Crippen LogP contribution in [-0.2, 0) is 0 Å². The summed E-state index contributed by atoms with van der Waals surface area (Å²) >= 11 is 1.66. The van der Waals surface area contributed by atoms with Gasteiger partial charge in [-0.05, 0) is 48.8 Å². The van der Waals surface area contributed by atoms with Crippen LogP contribution in [0.25, 0.3) is 0 Å². The first-order valence-corrected chi connectivity index (χ1v) is 5.50. The fourth-order valence-electron chi connectivity index (χ4n) is 1.27. The lowest BCUT2D eigenvalue weighted by atomic mass is 10.1. The normalized spacial score (nSPS) is 16.5. The zero-order valence-electron chi connectivity index (χ0n) is 7.89. The molecule has 0 saturated heterocycles. The molecule has 0 atom stereocenters.